The van der Waals surface area contributed by atoms with Crippen LogP contribution in [-0.2, 0) is 20.5 Å². The molecular weight excluding hydrogens is 265 g/mol. The Morgan fingerprint density at radius 1 is 1.14 bits per heavy atom. The summed E-state index contributed by atoms with van der Waals surface area (Å²) in [5.74, 6) is 0.0843. The molecule has 0 aliphatic carbocycles. The molecule has 0 aromatic heterocycles. The molecule has 4 nitrogen and oxygen atoms in total. The zero-order chi connectivity index (χ0) is 15.8. The second-order valence-corrected chi connectivity index (χ2v) is 6.80. The van der Waals surface area contributed by atoms with Crippen molar-refractivity contribution in [1.29, 1.82) is 0 Å². The largest absolute Gasteiger partial charge is 0.494 e. The second-order valence-electron chi connectivity index (χ2n) is 6.80. The zero-order valence-corrected chi connectivity index (χ0v) is 13.8. The maximum atomic E-state index is 11.8. The van der Waals surface area contributed by atoms with E-state index in [-0.39, 0.29) is 24.2 Å². The molecule has 0 spiro atoms. The van der Waals surface area contributed by atoms with Crippen LogP contribution in [0.3, 0.4) is 0 Å². The van der Waals surface area contributed by atoms with E-state index in [2.05, 4.69) is 0 Å². The normalized spacial score (nSPS) is 19.6. The van der Waals surface area contributed by atoms with Gasteiger partial charge in [0.1, 0.15) is 0 Å². The summed E-state index contributed by atoms with van der Waals surface area (Å²) < 4.78 is 12.1. The van der Waals surface area contributed by atoms with Crippen molar-refractivity contribution in [3.63, 3.8) is 0 Å². The Morgan fingerprint density at radius 3 is 2.24 bits per heavy atom. The van der Waals surface area contributed by atoms with Crippen molar-refractivity contribution in [2.24, 2.45) is 0 Å². The summed E-state index contributed by atoms with van der Waals surface area (Å²) in [7, 11) is 3.14. The van der Waals surface area contributed by atoms with Crippen LogP contribution in [0.2, 0.25) is 0 Å². The summed E-state index contributed by atoms with van der Waals surface area (Å²) in [6.07, 6.45) is 0.389. The van der Waals surface area contributed by atoms with Crippen LogP contribution in [0.15, 0.2) is 24.3 Å². The molecule has 1 aliphatic heterocycles. The molecule has 2 rings (SSSR count). The number of carbonyl (C=O) groups excluding carboxylic acids is 1. The fourth-order valence-corrected chi connectivity index (χ4v) is 2.16. The molecule has 0 atom stereocenters. The number of rotatable bonds is 3. The van der Waals surface area contributed by atoms with Crippen molar-refractivity contribution >= 4 is 18.5 Å². The van der Waals surface area contributed by atoms with E-state index in [4.69, 9.17) is 9.31 Å². The van der Waals surface area contributed by atoms with Gasteiger partial charge in [0.25, 0.3) is 0 Å². The zero-order valence-electron chi connectivity index (χ0n) is 13.8. The smallest absolute Gasteiger partial charge is 0.399 e. The van der Waals surface area contributed by atoms with Gasteiger partial charge in [-0.2, -0.15) is 0 Å². The summed E-state index contributed by atoms with van der Waals surface area (Å²) in [6.45, 7) is 8.14. The van der Waals surface area contributed by atoms with Crippen molar-refractivity contribution in [2.45, 2.75) is 45.3 Å². The molecule has 21 heavy (non-hydrogen) atoms. The molecule has 114 valence electrons. The molecule has 0 N–H and O–H groups in total. The molecule has 1 heterocycles. The van der Waals surface area contributed by atoms with Crippen LogP contribution in [0.5, 0.6) is 0 Å². The van der Waals surface area contributed by atoms with Gasteiger partial charge in [0.05, 0.1) is 17.6 Å². The van der Waals surface area contributed by atoms with Crippen LogP contribution >= 0.6 is 0 Å². The molecule has 1 aromatic rings. The summed E-state index contributed by atoms with van der Waals surface area (Å²) in [4.78, 5) is 13.4. The highest BCUT2D eigenvalue weighted by Crippen LogP contribution is 2.36. The SMILES string of the molecule is CN(C)C(=O)Cc1cccc(B2OC(C)(C)C(C)(C)O2)c1. The molecule has 0 bridgehead atoms. The number of benzene rings is 1. The molecule has 0 unspecified atom stereocenters. The summed E-state index contributed by atoms with van der Waals surface area (Å²) >= 11 is 0. The highest BCUT2D eigenvalue weighted by molar-refractivity contribution is 6.62. The lowest BCUT2D eigenvalue weighted by atomic mass is 9.78. The van der Waals surface area contributed by atoms with Gasteiger partial charge in [-0.05, 0) is 38.7 Å². The van der Waals surface area contributed by atoms with Crippen LogP contribution in [0.1, 0.15) is 33.3 Å². The fraction of sp³-hybridized carbons (Fsp3) is 0.562. The summed E-state index contributed by atoms with van der Waals surface area (Å²) in [6, 6.07) is 7.87. The maximum absolute atomic E-state index is 11.8. The molecule has 5 heteroatoms. The van der Waals surface area contributed by atoms with E-state index >= 15 is 0 Å². The molecular formula is C16H24BNO3. The fourth-order valence-electron chi connectivity index (χ4n) is 2.16. The highest BCUT2D eigenvalue weighted by atomic mass is 16.7. The van der Waals surface area contributed by atoms with E-state index in [0.717, 1.165) is 11.0 Å². The molecule has 1 amide bonds. The Morgan fingerprint density at radius 2 is 1.71 bits per heavy atom. The Balaban J connectivity index is 2.18. The quantitative estimate of drug-likeness (QED) is 0.794. The van der Waals surface area contributed by atoms with Crippen molar-refractivity contribution in [2.75, 3.05) is 14.1 Å². The minimum Gasteiger partial charge on any atom is -0.399 e. The van der Waals surface area contributed by atoms with Crippen LogP contribution in [-0.4, -0.2) is 43.2 Å². The predicted molar refractivity (Wildman–Crippen MR) is 84.6 cm³/mol. The molecule has 0 radical (unpaired) electrons. The minimum atomic E-state index is -0.385. The maximum Gasteiger partial charge on any atom is 0.494 e. The van der Waals surface area contributed by atoms with Gasteiger partial charge in [0.2, 0.25) is 5.91 Å². The van der Waals surface area contributed by atoms with Gasteiger partial charge in [0.15, 0.2) is 0 Å². The van der Waals surface area contributed by atoms with Crippen LogP contribution in [0.25, 0.3) is 0 Å². The predicted octanol–water partition coefficient (Wildman–Crippen LogP) is 1.62. The Labute approximate surface area is 127 Å². The van der Waals surface area contributed by atoms with Crippen molar-refractivity contribution in [3.8, 4) is 0 Å². The average Bonchev–Trinajstić information content (AvgIpc) is 2.58. The first kappa shape index (κ1) is 16.1. The Bertz CT molecular complexity index is 524. The van der Waals surface area contributed by atoms with E-state index in [1.807, 2.05) is 52.0 Å². The lowest BCUT2D eigenvalue weighted by Gasteiger charge is -2.32. The van der Waals surface area contributed by atoms with Crippen LogP contribution in [0, 0.1) is 0 Å². The number of hydrogen-bond donors (Lipinski definition) is 0. The van der Waals surface area contributed by atoms with Crippen molar-refractivity contribution in [3.05, 3.63) is 29.8 Å². The lowest BCUT2D eigenvalue weighted by molar-refractivity contribution is -0.127. The monoisotopic (exact) mass is 289 g/mol. The topological polar surface area (TPSA) is 38.8 Å². The van der Waals surface area contributed by atoms with Gasteiger partial charge in [-0.1, -0.05) is 24.3 Å². The highest BCUT2D eigenvalue weighted by Gasteiger charge is 2.51. The number of amides is 1. The van der Waals surface area contributed by atoms with Crippen LogP contribution < -0.4 is 5.46 Å². The average molecular weight is 289 g/mol. The standard InChI is InChI=1S/C16H24BNO3/c1-15(2)16(3,4)21-17(20-15)13-9-7-8-12(10-13)11-14(19)18(5)6/h7-10H,11H2,1-6H3. The molecule has 1 aromatic carbocycles. The van der Waals surface area contributed by atoms with E-state index in [1.54, 1.807) is 19.0 Å². The number of hydrogen-bond acceptors (Lipinski definition) is 3. The van der Waals surface area contributed by atoms with Crippen molar-refractivity contribution in [1.82, 2.24) is 4.90 Å². The van der Waals surface area contributed by atoms with Gasteiger partial charge in [0, 0.05) is 14.1 Å². The minimum absolute atomic E-state index is 0.0843. The third-order valence-electron chi connectivity index (χ3n) is 4.33. The van der Waals surface area contributed by atoms with E-state index < -0.39 is 0 Å². The third-order valence-corrected chi connectivity index (χ3v) is 4.33. The van der Waals surface area contributed by atoms with Crippen molar-refractivity contribution < 1.29 is 14.1 Å². The molecule has 1 saturated heterocycles. The first-order valence-corrected chi connectivity index (χ1v) is 7.27. The summed E-state index contributed by atoms with van der Waals surface area (Å²) in [5.41, 5.74) is 1.22. The van der Waals surface area contributed by atoms with Gasteiger partial charge in [-0.25, -0.2) is 0 Å². The Hall–Kier alpha value is -1.33. The molecule has 1 fully saturated rings. The lowest BCUT2D eigenvalue weighted by Crippen LogP contribution is -2.41. The molecule has 1 aliphatic rings. The third kappa shape index (κ3) is 3.30. The number of carbonyl (C=O) groups is 1. The summed E-state index contributed by atoms with van der Waals surface area (Å²) in [5, 5.41) is 0. The second kappa shape index (κ2) is 5.46. The van der Waals surface area contributed by atoms with Gasteiger partial charge >= 0.3 is 7.12 Å². The van der Waals surface area contributed by atoms with Gasteiger partial charge in [-0.15, -0.1) is 0 Å². The Kier molecular flexibility index (Phi) is 4.18. The van der Waals surface area contributed by atoms with E-state index in [0.29, 0.717) is 6.42 Å². The number of likely N-dealkylation sites (N-methyl/N-ethyl adjacent to an activating group) is 1. The van der Waals surface area contributed by atoms with Gasteiger partial charge < -0.3 is 14.2 Å². The van der Waals surface area contributed by atoms with Crippen LogP contribution in [0.4, 0.5) is 0 Å². The molecule has 0 saturated carbocycles. The van der Waals surface area contributed by atoms with E-state index in [1.165, 1.54) is 0 Å². The van der Waals surface area contributed by atoms with Gasteiger partial charge in [-0.3, -0.25) is 4.79 Å². The number of nitrogens with zero attached hydrogens (tertiary/aromatic N) is 1. The first-order valence-electron chi connectivity index (χ1n) is 7.27. The first-order chi connectivity index (χ1) is 9.62. The van der Waals surface area contributed by atoms with E-state index in [9.17, 15) is 4.79 Å².